The fraction of sp³-hybridized carbons (Fsp3) is 0.562. The van der Waals surface area contributed by atoms with Crippen LogP contribution in [0.4, 0.5) is 0 Å². The van der Waals surface area contributed by atoms with Gasteiger partial charge >= 0.3 is 0 Å². The van der Waals surface area contributed by atoms with E-state index in [4.69, 9.17) is 4.74 Å². The number of hydrogen-bond donors (Lipinski definition) is 1. The number of nitrogens with zero attached hydrogens (tertiary/aromatic N) is 6. The quantitative estimate of drug-likeness (QED) is 0.723. The van der Waals surface area contributed by atoms with E-state index in [0.717, 1.165) is 31.2 Å². The second-order valence-electron chi connectivity index (χ2n) is 6.30. The number of hydrogen-bond acceptors (Lipinski definition) is 8. The van der Waals surface area contributed by atoms with Crippen LogP contribution in [-0.4, -0.2) is 87.4 Å². The molecule has 3 heterocycles. The monoisotopic (exact) mass is 393 g/mol. The molecule has 1 N–H and O–H groups in total. The fourth-order valence-electron chi connectivity index (χ4n) is 2.96. The first-order valence-corrected chi connectivity index (χ1v) is 9.43. The summed E-state index contributed by atoms with van der Waals surface area (Å²) in [6.45, 7) is 5.81. The molecule has 0 bridgehead atoms. The van der Waals surface area contributed by atoms with Gasteiger partial charge in [0.25, 0.3) is 11.8 Å². The molecule has 0 aromatic carbocycles. The third-order valence-electron chi connectivity index (χ3n) is 4.45. The lowest BCUT2D eigenvalue weighted by Crippen LogP contribution is -2.50. The minimum absolute atomic E-state index is 0.0685. The Labute approximate surface area is 161 Å². The maximum absolute atomic E-state index is 12.7. The first-order valence-electron chi connectivity index (χ1n) is 8.66. The first kappa shape index (κ1) is 19.2. The molecule has 1 aliphatic rings. The van der Waals surface area contributed by atoms with Crippen molar-refractivity contribution in [1.82, 2.24) is 34.5 Å². The summed E-state index contributed by atoms with van der Waals surface area (Å²) in [7, 11) is 3.27. The second kappa shape index (κ2) is 8.44. The molecule has 11 heteroatoms. The lowest BCUT2D eigenvalue weighted by atomic mass is 10.2. The number of carbonyl (C=O) groups excluding carboxylic acids is 2. The average molecular weight is 393 g/mol. The average Bonchev–Trinajstić information content (AvgIpc) is 3.26. The van der Waals surface area contributed by atoms with Crippen LogP contribution in [0, 0.1) is 6.92 Å². The Morgan fingerprint density at radius 1 is 1.30 bits per heavy atom. The smallest absolute Gasteiger partial charge is 0.264 e. The normalized spacial score (nSPS) is 15.0. The number of ether oxygens (including phenoxy) is 1. The summed E-state index contributed by atoms with van der Waals surface area (Å²) >= 11 is 1.10. The van der Waals surface area contributed by atoms with E-state index in [1.807, 2.05) is 0 Å². The Balaban J connectivity index is 1.44. The summed E-state index contributed by atoms with van der Waals surface area (Å²) in [5, 5.41) is 10.9. The maximum Gasteiger partial charge on any atom is 0.264 e. The number of amides is 2. The number of aromatic nitrogens is 4. The van der Waals surface area contributed by atoms with Crippen molar-refractivity contribution in [3.05, 3.63) is 22.3 Å². The highest BCUT2D eigenvalue weighted by Crippen LogP contribution is 2.18. The van der Waals surface area contributed by atoms with Crippen molar-refractivity contribution >= 4 is 23.3 Å². The van der Waals surface area contributed by atoms with E-state index in [-0.39, 0.29) is 11.8 Å². The molecule has 2 aromatic rings. The van der Waals surface area contributed by atoms with Gasteiger partial charge in [0.05, 0.1) is 12.8 Å². The fourth-order valence-corrected chi connectivity index (χ4v) is 3.53. The molecule has 1 saturated heterocycles. The van der Waals surface area contributed by atoms with Gasteiger partial charge in [0.2, 0.25) is 5.88 Å². The molecule has 0 aliphatic carbocycles. The predicted molar refractivity (Wildman–Crippen MR) is 99.1 cm³/mol. The van der Waals surface area contributed by atoms with Crippen LogP contribution in [-0.2, 0) is 7.05 Å². The third kappa shape index (κ3) is 4.42. The van der Waals surface area contributed by atoms with E-state index in [1.54, 1.807) is 29.7 Å². The van der Waals surface area contributed by atoms with Crippen molar-refractivity contribution in [3.8, 4) is 5.88 Å². The summed E-state index contributed by atoms with van der Waals surface area (Å²) in [4.78, 5) is 29.3. The van der Waals surface area contributed by atoms with Gasteiger partial charge in [0, 0.05) is 52.5 Å². The Bertz CT molecular complexity index is 811. The van der Waals surface area contributed by atoms with Crippen molar-refractivity contribution < 1.29 is 14.3 Å². The number of methoxy groups -OCH3 is 1. The van der Waals surface area contributed by atoms with Gasteiger partial charge in [-0.15, -0.1) is 10.2 Å². The van der Waals surface area contributed by atoms with Gasteiger partial charge < -0.3 is 15.0 Å². The van der Waals surface area contributed by atoms with Crippen LogP contribution in [0.15, 0.2) is 6.20 Å². The molecule has 2 amide bonds. The number of rotatable bonds is 6. The Hall–Kier alpha value is -2.53. The van der Waals surface area contributed by atoms with Gasteiger partial charge in [-0.2, -0.15) is 0 Å². The molecule has 1 fully saturated rings. The molecule has 1 aliphatic heterocycles. The Kier molecular flexibility index (Phi) is 6.01. The predicted octanol–water partition coefficient (Wildman–Crippen LogP) is -0.224. The van der Waals surface area contributed by atoms with Gasteiger partial charge in [-0.3, -0.25) is 19.2 Å². The Morgan fingerprint density at radius 2 is 2.04 bits per heavy atom. The number of piperazine rings is 1. The molecule has 10 nitrogen and oxygen atoms in total. The lowest BCUT2D eigenvalue weighted by molar-refractivity contribution is 0.0635. The standard InChI is InChI=1S/C16H23N7O3S/c1-11-13(27-20-18-11)14(24)17-4-5-22-6-8-23(9-7-22)16(25)12-10-21(2)19-15(12)26-3/h10H,4-9H2,1-3H3,(H,17,24). The zero-order valence-corrected chi connectivity index (χ0v) is 16.5. The summed E-state index contributed by atoms with van der Waals surface area (Å²) in [6, 6.07) is 0. The van der Waals surface area contributed by atoms with Crippen LogP contribution >= 0.6 is 11.5 Å². The van der Waals surface area contributed by atoms with Crippen LogP contribution in [0.3, 0.4) is 0 Å². The van der Waals surface area contributed by atoms with Crippen LogP contribution in [0.25, 0.3) is 0 Å². The van der Waals surface area contributed by atoms with Crippen LogP contribution in [0.2, 0.25) is 0 Å². The van der Waals surface area contributed by atoms with E-state index in [9.17, 15) is 9.59 Å². The number of nitrogens with one attached hydrogen (secondary N) is 1. The molecule has 3 rings (SSSR count). The van der Waals surface area contributed by atoms with Crippen LogP contribution in [0.5, 0.6) is 5.88 Å². The molecule has 0 unspecified atom stereocenters. The van der Waals surface area contributed by atoms with Crippen molar-refractivity contribution in [2.24, 2.45) is 7.05 Å². The van der Waals surface area contributed by atoms with E-state index in [2.05, 4.69) is 24.9 Å². The van der Waals surface area contributed by atoms with Crippen molar-refractivity contribution in [1.29, 1.82) is 0 Å². The number of aryl methyl sites for hydroxylation is 2. The summed E-state index contributed by atoms with van der Waals surface area (Å²) in [5.41, 5.74) is 1.13. The molecular weight excluding hydrogens is 370 g/mol. The maximum atomic E-state index is 12.7. The van der Waals surface area contributed by atoms with Gasteiger partial charge in [-0.25, -0.2) is 0 Å². The van der Waals surface area contributed by atoms with Crippen molar-refractivity contribution in [3.63, 3.8) is 0 Å². The zero-order valence-electron chi connectivity index (χ0n) is 15.6. The molecule has 27 heavy (non-hydrogen) atoms. The molecule has 0 radical (unpaired) electrons. The van der Waals surface area contributed by atoms with Gasteiger partial charge in [-0.1, -0.05) is 4.49 Å². The molecule has 0 atom stereocenters. The highest BCUT2D eigenvalue weighted by atomic mass is 32.1. The van der Waals surface area contributed by atoms with Gasteiger partial charge in [-0.05, 0) is 18.5 Å². The molecule has 146 valence electrons. The summed E-state index contributed by atoms with van der Waals surface area (Å²) in [6.07, 6.45) is 1.68. The van der Waals surface area contributed by atoms with E-state index in [1.165, 1.54) is 7.11 Å². The third-order valence-corrected chi connectivity index (χ3v) is 5.28. The minimum atomic E-state index is -0.139. The molecule has 2 aromatic heterocycles. The van der Waals surface area contributed by atoms with Gasteiger partial charge in [0.1, 0.15) is 10.4 Å². The van der Waals surface area contributed by atoms with Crippen molar-refractivity contribution in [2.45, 2.75) is 6.92 Å². The summed E-state index contributed by atoms with van der Waals surface area (Å²) in [5.74, 6) is 0.140. The topological polar surface area (TPSA) is 105 Å². The highest BCUT2D eigenvalue weighted by Gasteiger charge is 2.26. The molecule has 0 spiro atoms. The van der Waals surface area contributed by atoms with Crippen LogP contribution < -0.4 is 10.1 Å². The second-order valence-corrected chi connectivity index (χ2v) is 7.06. The zero-order chi connectivity index (χ0) is 19.4. The Morgan fingerprint density at radius 3 is 2.67 bits per heavy atom. The number of carbonyl (C=O) groups is 2. The first-order chi connectivity index (χ1) is 13.0. The SMILES string of the molecule is COc1nn(C)cc1C(=O)N1CCN(CCNC(=O)c2snnc2C)CC1. The minimum Gasteiger partial charge on any atom is -0.479 e. The lowest BCUT2D eigenvalue weighted by Gasteiger charge is -2.34. The van der Waals surface area contributed by atoms with Crippen molar-refractivity contribution in [2.75, 3.05) is 46.4 Å². The largest absolute Gasteiger partial charge is 0.479 e. The summed E-state index contributed by atoms with van der Waals surface area (Å²) < 4.78 is 10.5. The van der Waals surface area contributed by atoms with E-state index in [0.29, 0.717) is 41.6 Å². The highest BCUT2D eigenvalue weighted by molar-refractivity contribution is 7.07. The van der Waals surface area contributed by atoms with E-state index < -0.39 is 0 Å². The van der Waals surface area contributed by atoms with Crippen LogP contribution in [0.1, 0.15) is 25.7 Å². The van der Waals surface area contributed by atoms with Gasteiger partial charge in [0.15, 0.2) is 0 Å². The molecular formula is C16H23N7O3S. The van der Waals surface area contributed by atoms with E-state index >= 15 is 0 Å². The molecule has 0 saturated carbocycles.